The van der Waals surface area contributed by atoms with Gasteiger partial charge in [-0.25, -0.2) is 0 Å². The molecule has 1 aromatic rings. The van der Waals surface area contributed by atoms with Crippen molar-refractivity contribution in [2.75, 3.05) is 32.6 Å². The van der Waals surface area contributed by atoms with E-state index < -0.39 is 0 Å². The van der Waals surface area contributed by atoms with Crippen LogP contribution in [0.25, 0.3) is 0 Å². The summed E-state index contributed by atoms with van der Waals surface area (Å²) in [6.07, 6.45) is 4.17. The molecular formula is C15H22N2. The molecule has 0 aromatic heterocycles. The Hall–Kier alpha value is -1.02. The summed E-state index contributed by atoms with van der Waals surface area (Å²) in [5, 5.41) is 3.33. The third-order valence-corrected chi connectivity index (χ3v) is 4.69. The van der Waals surface area contributed by atoms with Gasteiger partial charge in [0, 0.05) is 26.3 Å². The Labute approximate surface area is 104 Å². The Bertz CT molecular complexity index is 399. The molecule has 17 heavy (non-hydrogen) atoms. The standard InChI is InChI=1S/C15H22N2/c1-16-11-14-8-15(9-14,10-14)12-4-6-13(7-5-12)17(2)3/h4-7,16H,8-11H2,1-3H3. The maximum atomic E-state index is 3.33. The van der Waals surface area contributed by atoms with E-state index in [9.17, 15) is 0 Å². The van der Waals surface area contributed by atoms with Crippen LogP contribution < -0.4 is 10.2 Å². The van der Waals surface area contributed by atoms with E-state index in [2.05, 4.69) is 55.6 Å². The summed E-state index contributed by atoms with van der Waals surface area (Å²) in [4.78, 5) is 2.16. The molecule has 0 radical (unpaired) electrons. The average molecular weight is 230 g/mol. The van der Waals surface area contributed by atoms with Crippen molar-refractivity contribution >= 4 is 5.69 Å². The lowest BCUT2D eigenvalue weighted by Crippen LogP contribution is -2.67. The van der Waals surface area contributed by atoms with Crippen molar-refractivity contribution in [3.05, 3.63) is 29.8 Å². The lowest BCUT2D eigenvalue weighted by Gasteiger charge is -2.71. The van der Waals surface area contributed by atoms with E-state index >= 15 is 0 Å². The predicted octanol–water partition coefficient (Wildman–Crippen LogP) is 2.39. The van der Waals surface area contributed by atoms with E-state index in [0.717, 1.165) is 0 Å². The molecule has 2 heteroatoms. The highest BCUT2D eigenvalue weighted by Crippen LogP contribution is 2.73. The van der Waals surface area contributed by atoms with Crippen molar-refractivity contribution in [3.8, 4) is 0 Å². The smallest absolute Gasteiger partial charge is 0.0361 e. The van der Waals surface area contributed by atoms with Crippen molar-refractivity contribution in [1.82, 2.24) is 5.32 Å². The highest BCUT2D eigenvalue weighted by molar-refractivity contribution is 5.49. The van der Waals surface area contributed by atoms with E-state index in [-0.39, 0.29) is 0 Å². The monoisotopic (exact) mass is 230 g/mol. The number of hydrogen-bond acceptors (Lipinski definition) is 2. The molecule has 3 saturated carbocycles. The zero-order chi connectivity index (χ0) is 12.1. The molecule has 0 saturated heterocycles. The Morgan fingerprint density at radius 2 is 1.71 bits per heavy atom. The molecule has 2 nitrogen and oxygen atoms in total. The number of hydrogen-bond donors (Lipinski definition) is 1. The molecular weight excluding hydrogens is 208 g/mol. The molecule has 0 heterocycles. The second-order valence-electron chi connectivity index (χ2n) is 6.28. The van der Waals surface area contributed by atoms with Gasteiger partial charge < -0.3 is 10.2 Å². The summed E-state index contributed by atoms with van der Waals surface area (Å²) in [6.45, 7) is 1.20. The molecule has 0 aliphatic heterocycles. The van der Waals surface area contributed by atoms with E-state index in [1.54, 1.807) is 5.56 Å². The molecule has 4 rings (SSSR count). The molecule has 0 unspecified atom stereocenters. The summed E-state index contributed by atoms with van der Waals surface area (Å²) in [6, 6.07) is 9.16. The van der Waals surface area contributed by atoms with Crippen molar-refractivity contribution in [2.24, 2.45) is 5.41 Å². The number of nitrogens with one attached hydrogen (secondary N) is 1. The van der Waals surface area contributed by atoms with Gasteiger partial charge in [0.25, 0.3) is 0 Å². The van der Waals surface area contributed by atoms with Gasteiger partial charge in [0.15, 0.2) is 0 Å². The van der Waals surface area contributed by atoms with Crippen LogP contribution in [0.4, 0.5) is 5.69 Å². The summed E-state index contributed by atoms with van der Waals surface area (Å²) in [7, 11) is 6.26. The Morgan fingerprint density at radius 3 is 2.18 bits per heavy atom. The molecule has 3 aliphatic carbocycles. The maximum absolute atomic E-state index is 3.33. The second kappa shape index (κ2) is 3.49. The number of rotatable bonds is 4. The van der Waals surface area contributed by atoms with Crippen LogP contribution in [0.1, 0.15) is 24.8 Å². The predicted molar refractivity (Wildman–Crippen MR) is 72.7 cm³/mol. The minimum Gasteiger partial charge on any atom is -0.378 e. The van der Waals surface area contributed by atoms with E-state index in [1.807, 2.05) is 0 Å². The first kappa shape index (κ1) is 11.1. The number of anilines is 1. The maximum Gasteiger partial charge on any atom is 0.0361 e. The lowest BCUT2D eigenvalue weighted by molar-refractivity contribution is -0.137. The van der Waals surface area contributed by atoms with E-state index in [4.69, 9.17) is 0 Å². The van der Waals surface area contributed by atoms with Crippen molar-refractivity contribution in [2.45, 2.75) is 24.7 Å². The number of benzene rings is 1. The molecule has 3 fully saturated rings. The van der Waals surface area contributed by atoms with Gasteiger partial charge in [-0.1, -0.05) is 12.1 Å². The van der Waals surface area contributed by atoms with Gasteiger partial charge in [-0.2, -0.15) is 0 Å². The molecule has 0 atom stereocenters. The van der Waals surface area contributed by atoms with Gasteiger partial charge in [0.1, 0.15) is 0 Å². The fraction of sp³-hybridized carbons (Fsp3) is 0.600. The van der Waals surface area contributed by atoms with Crippen molar-refractivity contribution in [1.29, 1.82) is 0 Å². The fourth-order valence-electron chi connectivity index (χ4n) is 3.98. The van der Waals surface area contributed by atoms with Gasteiger partial charge in [-0.3, -0.25) is 0 Å². The van der Waals surface area contributed by atoms with E-state index in [0.29, 0.717) is 10.8 Å². The minimum absolute atomic E-state index is 0.543. The molecule has 0 amide bonds. The zero-order valence-corrected chi connectivity index (χ0v) is 11.1. The van der Waals surface area contributed by atoms with Crippen LogP contribution in [0, 0.1) is 5.41 Å². The van der Waals surface area contributed by atoms with Crippen LogP contribution >= 0.6 is 0 Å². The Morgan fingerprint density at radius 1 is 1.12 bits per heavy atom. The van der Waals surface area contributed by atoms with E-state index in [1.165, 1.54) is 31.5 Å². The first-order valence-corrected chi connectivity index (χ1v) is 6.52. The van der Waals surface area contributed by atoms with Gasteiger partial charge in [0.05, 0.1) is 0 Å². The van der Waals surface area contributed by atoms with Crippen molar-refractivity contribution in [3.63, 3.8) is 0 Å². The SMILES string of the molecule is CNCC12CC(c3ccc(N(C)C)cc3)(C1)C2. The van der Waals surface area contributed by atoms with Gasteiger partial charge >= 0.3 is 0 Å². The van der Waals surface area contributed by atoms with Crippen molar-refractivity contribution < 1.29 is 0 Å². The van der Waals surface area contributed by atoms with Crippen LogP contribution in [0.2, 0.25) is 0 Å². The Balaban J connectivity index is 1.72. The topological polar surface area (TPSA) is 15.3 Å². The first-order chi connectivity index (χ1) is 8.09. The summed E-state index contributed by atoms with van der Waals surface area (Å²) < 4.78 is 0. The molecule has 2 bridgehead atoms. The second-order valence-corrected chi connectivity index (χ2v) is 6.28. The lowest BCUT2D eigenvalue weighted by atomic mass is 9.33. The van der Waals surface area contributed by atoms with Crippen LogP contribution in [0.3, 0.4) is 0 Å². The molecule has 1 aromatic carbocycles. The number of nitrogens with zero attached hydrogens (tertiary/aromatic N) is 1. The van der Waals surface area contributed by atoms with Crippen LogP contribution in [-0.4, -0.2) is 27.7 Å². The Kier molecular flexibility index (Phi) is 2.27. The van der Waals surface area contributed by atoms with Crippen LogP contribution in [0.15, 0.2) is 24.3 Å². The third-order valence-electron chi connectivity index (χ3n) is 4.69. The first-order valence-electron chi connectivity index (χ1n) is 6.52. The summed E-state index contributed by atoms with van der Waals surface area (Å²) >= 11 is 0. The van der Waals surface area contributed by atoms with Crippen LogP contribution in [-0.2, 0) is 5.41 Å². The molecule has 1 N–H and O–H groups in total. The normalized spacial score (nSPS) is 33.8. The van der Waals surface area contributed by atoms with Gasteiger partial charge in [-0.05, 0) is 54.8 Å². The third kappa shape index (κ3) is 1.50. The molecule has 3 aliphatic rings. The van der Waals surface area contributed by atoms with Gasteiger partial charge in [0.2, 0.25) is 0 Å². The summed E-state index contributed by atoms with van der Waals surface area (Å²) in [5.74, 6) is 0. The fourth-order valence-corrected chi connectivity index (χ4v) is 3.98. The quantitative estimate of drug-likeness (QED) is 0.854. The summed E-state index contributed by atoms with van der Waals surface area (Å²) in [5.41, 5.74) is 4.04. The van der Waals surface area contributed by atoms with Gasteiger partial charge in [-0.15, -0.1) is 0 Å². The van der Waals surface area contributed by atoms with Crippen LogP contribution in [0.5, 0.6) is 0 Å². The highest BCUT2D eigenvalue weighted by atomic mass is 15.1. The minimum atomic E-state index is 0.543. The molecule has 92 valence electrons. The average Bonchev–Trinajstić information content (AvgIpc) is 2.21. The largest absolute Gasteiger partial charge is 0.378 e. The molecule has 0 spiro atoms. The highest BCUT2D eigenvalue weighted by Gasteiger charge is 2.67. The zero-order valence-electron chi connectivity index (χ0n) is 11.1.